The minimum atomic E-state index is -0.108. The van der Waals surface area contributed by atoms with Gasteiger partial charge >= 0.3 is 0 Å². The molecule has 4 aromatic rings. The molecule has 1 N–H and O–H groups in total. The van der Waals surface area contributed by atoms with Crippen LogP contribution in [0.3, 0.4) is 0 Å². The van der Waals surface area contributed by atoms with Crippen molar-refractivity contribution in [1.29, 1.82) is 0 Å². The number of amides is 1. The second-order valence-electron chi connectivity index (χ2n) is 6.45. The van der Waals surface area contributed by atoms with Crippen LogP contribution in [0.5, 0.6) is 0 Å². The van der Waals surface area contributed by atoms with E-state index in [1.807, 2.05) is 48.7 Å². The van der Waals surface area contributed by atoms with Crippen LogP contribution in [0, 0.1) is 0 Å². The summed E-state index contributed by atoms with van der Waals surface area (Å²) in [5.41, 5.74) is 2.57. The highest BCUT2D eigenvalue weighted by Crippen LogP contribution is 2.24. The van der Waals surface area contributed by atoms with E-state index in [1.165, 1.54) is 5.56 Å². The van der Waals surface area contributed by atoms with E-state index < -0.39 is 0 Å². The Bertz CT molecular complexity index is 1090. The normalized spacial score (nSPS) is 10.7. The molecule has 1 aromatic carbocycles. The molecule has 0 saturated heterocycles. The molecule has 0 unspecified atom stereocenters. The fraction of sp³-hybridized carbons (Fsp3) is 0.136. The van der Waals surface area contributed by atoms with Crippen LogP contribution >= 0.6 is 11.8 Å². The molecule has 3 aromatic heterocycles. The number of pyridine rings is 2. The van der Waals surface area contributed by atoms with Crippen molar-refractivity contribution >= 4 is 23.4 Å². The molecule has 0 aliphatic heterocycles. The number of carbonyl (C=O) groups excluding carboxylic acids is 1. The van der Waals surface area contributed by atoms with Gasteiger partial charge in [0, 0.05) is 47.8 Å². The summed E-state index contributed by atoms with van der Waals surface area (Å²) in [4.78, 5) is 26.0. The highest BCUT2D eigenvalue weighted by molar-refractivity contribution is 7.98. The maximum Gasteiger partial charge on any atom is 0.227 e. The lowest BCUT2D eigenvalue weighted by Gasteiger charge is -2.06. The average Bonchev–Trinajstić information content (AvgIpc) is 3.28. The fourth-order valence-corrected chi connectivity index (χ4v) is 3.52. The molecule has 150 valence electrons. The summed E-state index contributed by atoms with van der Waals surface area (Å²) in [6, 6.07) is 17.3. The first-order chi connectivity index (χ1) is 14.8. The summed E-state index contributed by atoms with van der Waals surface area (Å²) in [5, 5.41) is 6.80. The van der Waals surface area contributed by atoms with Crippen LogP contribution in [-0.2, 0) is 17.0 Å². The van der Waals surface area contributed by atoms with Gasteiger partial charge in [0.15, 0.2) is 0 Å². The molecule has 0 spiro atoms. The molecule has 30 heavy (non-hydrogen) atoms. The van der Waals surface area contributed by atoms with Crippen molar-refractivity contribution in [2.24, 2.45) is 0 Å². The van der Waals surface area contributed by atoms with Crippen molar-refractivity contribution in [2.45, 2.75) is 23.5 Å². The van der Waals surface area contributed by atoms with Crippen molar-refractivity contribution < 1.29 is 9.32 Å². The van der Waals surface area contributed by atoms with Crippen molar-refractivity contribution in [3.05, 3.63) is 84.6 Å². The predicted molar refractivity (Wildman–Crippen MR) is 115 cm³/mol. The van der Waals surface area contributed by atoms with Crippen LogP contribution in [0.2, 0.25) is 0 Å². The van der Waals surface area contributed by atoms with Crippen molar-refractivity contribution in [2.75, 3.05) is 5.32 Å². The zero-order chi connectivity index (χ0) is 20.6. The van der Waals surface area contributed by atoms with Gasteiger partial charge in [-0.05, 0) is 48.0 Å². The highest BCUT2D eigenvalue weighted by Gasteiger charge is 2.11. The standard InChI is InChI=1S/C22H19N5O2S/c28-20(10-11-21-26-22(27-29-21)19-5-1-2-13-24-19)25-17-6-8-18(9-7-17)30-15-16-4-3-12-23-14-16/h1-9,12-14H,10-11,15H2,(H,25,28). The Morgan fingerprint density at radius 2 is 1.93 bits per heavy atom. The molecular formula is C22H19N5O2S. The van der Waals surface area contributed by atoms with Crippen LogP contribution in [0.1, 0.15) is 17.9 Å². The Kier molecular flexibility index (Phi) is 6.46. The number of nitrogens with zero attached hydrogens (tertiary/aromatic N) is 4. The number of hydrogen-bond acceptors (Lipinski definition) is 7. The summed E-state index contributed by atoms with van der Waals surface area (Å²) >= 11 is 1.72. The third kappa shape index (κ3) is 5.51. The number of anilines is 1. The third-order valence-electron chi connectivity index (χ3n) is 4.19. The van der Waals surface area contributed by atoms with Crippen LogP contribution in [0.4, 0.5) is 5.69 Å². The Morgan fingerprint density at radius 3 is 2.70 bits per heavy atom. The van der Waals surface area contributed by atoms with Crippen molar-refractivity contribution in [3.8, 4) is 11.5 Å². The second-order valence-corrected chi connectivity index (χ2v) is 7.50. The number of benzene rings is 1. The lowest BCUT2D eigenvalue weighted by Crippen LogP contribution is -2.12. The van der Waals surface area contributed by atoms with Gasteiger partial charge in [0.25, 0.3) is 0 Å². The summed E-state index contributed by atoms with van der Waals surface area (Å²) in [5.74, 6) is 1.58. The van der Waals surface area contributed by atoms with Crippen LogP contribution in [0.25, 0.3) is 11.5 Å². The zero-order valence-electron chi connectivity index (χ0n) is 16.1. The minimum Gasteiger partial charge on any atom is -0.339 e. The number of nitrogens with one attached hydrogen (secondary N) is 1. The molecule has 8 heteroatoms. The topological polar surface area (TPSA) is 93.8 Å². The first-order valence-corrected chi connectivity index (χ1v) is 10.4. The SMILES string of the molecule is O=C(CCc1nc(-c2ccccn2)no1)Nc1ccc(SCc2cccnc2)cc1. The molecule has 0 bridgehead atoms. The molecule has 0 saturated carbocycles. The van der Waals surface area contributed by atoms with Crippen LogP contribution < -0.4 is 5.32 Å². The lowest BCUT2D eigenvalue weighted by atomic mass is 10.2. The van der Waals surface area contributed by atoms with Gasteiger partial charge in [-0.25, -0.2) is 0 Å². The van der Waals surface area contributed by atoms with Gasteiger partial charge in [-0.3, -0.25) is 14.8 Å². The molecule has 0 atom stereocenters. The van der Waals surface area contributed by atoms with E-state index in [0.29, 0.717) is 23.8 Å². The second kappa shape index (κ2) is 9.80. The van der Waals surface area contributed by atoms with E-state index in [2.05, 4.69) is 31.5 Å². The Balaban J connectivity index is 1.24. The lowest BCUT2D eigenvalue weighted by molar-refractivity contribution is -0.116. The molecule has 4 rings (SSSR count). The monoisotopic (exact) mass is 417 g/mol. The van der Waals surface area contributed by atoms with Gasteiger partial charge in [0.1, 0.15) is 5.69 Å². The van der Waals surface area contributed by atoms with Crippen LogP contribution in [-0.4, -0.2) is 26.0 Å². The largest absolute Gasteiger partial charge is 0.339 e. The molecule has 3 heterocycles. The predicted octanol–water partition coefficient (Wildman–Crippen LogP) is 4.39. The number of aryl methyl sites for hydroxylation is 1. The van der Waals surface area contributed by atoms with Gasteiger partial charge in [0.2, 0.25) is 17.6 Å². The van der Waals surface area contributed by atoms with Crippen molar-refractivity contribution in [3.63, 3.8) is 0 Å². The van der Waals surface area contributed by atoms with E-state index in [0.717, 1.165) is 16.3 Å². The van der Waals surface area contributed by atoms with E-state index in [1.54, 1.807) is 30.2 Å². The molecular weight excluding hydrogens is 398 g/mol. The molecule has 0 aliphatic rings. The maximum atomic E-state index is 12.2. The fourth-order valence-electron chi connectivity index (χ4n) is 2.68. The number of hydrogen-bond donors (Lipinski definition) is 1. The van der Waals surface area contributed by atoms with Crippen molar-refractivity contribution in [1.82, 2.24) is 20.1 Å². The Labute approximate surface area is 178 Å². The third-order valence-corrected chi connectivity index (χ3v) is 5.28. The van der Waals surface area contributed by atoms with E-state index in [9.17, 15) is 4.79 Å². The van der Waals surface area contributed by atoms with Gasteiger partial charge in [0.05, 0.1) is 0 Å². The van der Waals surface area contributed by atoms with E-state index >= 15 is 0 Å². The average molecular weight is 417 g/mol. The van der Waals surface area contributed by atoms with Gasteiger partial charge in [-0.2, -0.15) is 4.98 Å². The number of aromatic nitrogens is 4. The molecule has 0 radical (unpaired) electrons. The molecule has 7 nitrogen and oxygen atoms in total. The van der Waals surface area contributed by atoms with E-state index in [-0.39, 0.29) is 12.3 Å². The summed E-state index contributed by atoms with van der Waals surface area (Å²) in [7, 11) is 0. The number of rotatable bonds is 8. The zero-order valence-corrected chi connectivity index (χ0v) is 16.9. The van der Waals surface area contributed by atoms with Crippen LogP contribution in [0.15, 0.2) is 82.6 Å². The molecule has 0 fully saturated rings. The Morgan fingerprint density at radius 1 is 1.03 bits per heavy atom. The summed E-state index contributed by atoms with van der Waals surface area (Å²) < 4.78 is 5.21. The first kappa shape index (κ1) is 19.8. The highest BCUT2D eigenvalue weighted by atomic mass is 32.2. The van der Waals surface area contributed by atoms with E-state index in [4.69, 9.17) is 4.52 Å². The Hall–Kier alpha value is -3.52. The number of thioether (sulfide) groups is 1. The smallest absolute Gasteiger partial charge is 0.227 e. The molecule has 0 aliphatic carbocycles. The molecule has 1 amide bonds. The summed E-state index contributed by atoms with van der Waals surface area (Å²) in [6.45, 7) is 0. The minimum absolute atomic E-state index is 0.108. The number of carbonyl (C=O) groups is 1. The van der Waals surface area contributed by atoms with Gasteiger partial charge in [-0.15, -0.1) is 11.8 Å². The first-order valence-electron chi connectivity index (χ1n) is 9.42. The maximum absolute atomic E-state index is 12.2. The van der Waals surface area contributed by atoms with Gasteiger partial charge in [-0.1, -0.05) is 17.3 Å². The van der Waals surface area contributed by atoms with Gasteiger partial charge < -0.3 is 9.84 Å². The summed E-state index contributed by atoms with van der Waals surface area (Å²) in [6.07, 6.45) is 5.92. The quantitative estimate of drug-likeness (QED) is 0.425.